The number of carboxylic acids is 1. The van der Waals surface area contributed by atoms with Crippen LogP contribution in [0.4, 0.5) is 5.69 Å². The highest BCUT2D eigenvalue weighted by molar-refractivity contribution is 6.07. The highest BCUT2D eigenvalue weighted by Crippen LogP contribution is 2.55. The Labute approximate surface area is 296 Å². The van der Waals surface area contributed by atoms with E-state index in [2.05, 4.69) is 10.6 Å². The van der Waals surface area contributed by atoms with Crippen molar-refractivity contribution in [3.63, 3.8) is 0 Å². The molecule has 2 amide bonds. The number of nitrogens with zero attached hydrogens (tertiary/aromatic N) is 3. The molecule has 1 saturated carbocycles. The van der Waals surface area contributed by atoms with E-state index < -0.39 is 70.1 Å². The van der Waals surface area contributed by atoms with Crippen molar-refractivity contribution in [2.75, 3.05) is 4.90 Å². The number of hydrogen-bond acceptors (Lipinski definition) is 10. The fourth-order valence-corrected chi connectivity index (χ4v) is 8.72. The van der Waals surface area contributed by atoms with Crippen LogP contribution in [0.2, 0.25) is 0 Å². The minimum atomic E-state index is -1.78. The molecule has 4 aromatic rings. The molecule has 14 heteroatoms. The number of nitrogens with one attached hydrogen (secondary N) is 2. The van der Waals surface area contributed by atoms with Gasteiger partial charge in [0.1, 0.15) is 46.5 Å². The minimum Gasteiger partial charge on any atom is -0.507 e. The van der Waals surface area contributed by atoms with Crippen LogP contribution in [0.1, 0.15) is 89.6 Å². The second-order valence-electron chi connectivity index (χ2n) is 14.5. The van der Waals surface area contributed by atoms with E-state index in [9.17, 15) is 39.6 Å². The highest BCUT2D eigenvalue weighted by atomic mass is 16.5. The number of aromatic nitrogens is 2. The first-order valence-corrected chi connectivity index (χ1v) is 17.2. The van der Waals surface area contributed by atoms with Gasteiger partial charge in [-0.15, -0.1) is 0 Å². The van der Waals surface area contributed by atoms with Crippen LogP contribution in [0.5, 0.6) is 11.5 Å². The molecule has 3 aromatic carbocycles. The number of hydrogen-bond donors (Lipinski definition) is 6. The van der Waals surface area contributed by atoms with Gasteiger partial charge in [0.05, 0.1) is 28.4 Å². The minimum absolute atomic E-state index is 0.0547. The molecule has 9 rings (SSSR count). The largest absolute Gasteiger partial charge is 0.507 e. The summed E-state index contributed by atoms with van der Waals surface area (Å²) in [5.74, 6) is -3.83. The number of aliphatic hydroxyl groups is 1. The number of phenols is 2. The summed E-state index contributed by atoms with van der Waals surface area (Å²) in [4.78, 5) is 60.9. The predicted octanol–water partition coefficient (Wildman–Crippen LogP) is 3.18. The summed E-state index contributed by atoms with van der Waals surface area (Å²) in [7, 11) is 0. The third-order valence-electron chi connectivity index (χ3n) is 11.7. The Morgan fingerprint density at radius 3 is 2.48 bits per heavy atom. The lowest BCUT2D eigenvalue weighted by molar-refractivity contribution is -0.126. The molecular formula is C38H35N5O9. The molecule has 14 nitrogen and oxygen atoms in total. The fourth-order valence-electron chi connectivity index (χ4n) is 8.72. The SMILES string of the molecule is Cc1c(O)c(C(=O)O)c(O)c2c1[C@H](C)[C@@H](C)O[C@@H]2C=C1NC(=O)[C@@H](C[C@@]2(O)c3ccccc3N3C(=O)C4(CC4)N[C@@H]32)n2c1nc1ccccc1c2=O. The summed E-state index contributed by atoms with van der Waals surface area (Å²) in [5.41, 5.74) is -1.47. The van der Waals surface area contributed by atoms with Gasteiger partial charge in [0, 0.05) is 23.5 Å². The fraction of sp³-hybridized carbons (Fsp3) is 0.342. The molecule has 0 unspecified atom stereocenters. The Morgan fingerprint density at radius 1 is 1.04 bits per heavy atom. The summed E-state index contributed by atoms with van der Waals surface area (Å²) in [5, 5.41) is 51.1. The van der Waals surface area contributed by atoms with Crippen molar-refractivity contribution in [3.8, 4) is 11.5 Å². The van der Waals surface area contributed by atoms with Gasteiger partial charge in [-0.3, -0.25) is 29.2 Å². The molecule has 5 heterocycles. The molecule has 2 fully saturated rings. The first kappa shape index (κ1) is 32.3. The number of para-hydroxylation sites is 2. The topological polar surface area (TPSA) is 204 Å². The van der Waals surface area contributed by atoms with E-state index in [1.807, 2.05) is 6.92 Å². The number of ether oxygens (including phenoxy) is 1. The van der Waals surface area contributed by atoms with Gasteiger partial charge >= 0.3 is 5.97 Å². The Kier molecular flexibility index (Phi) is 6.67. The number of anilines is 1. The molecule has 4 aliphatic heterocycles. The van der Waals surface area contributed by atoms with Crippen molar-refractivity contribution in [2.24, 2.45) is 0 Å². The molecule has 1 spiro atoms. The van der Waals surface area contributed by atoms with Gasteiger partial charge in [-0.1, -0.05) is 37.3 Å². The van der Waals surface area contributed by atoms with E-state index >= 15 is 0 Å². The first-order chi connectivity index (χ1) is 24.8. The van der Waals surface area contributed by atoms with Gasteiger partial charge < -0.3 is 30.5 Å². The maximum Gasteiger partial charge on any atom is 0.343 e. The van der Waals surface area contributed by atoms with Crippen molar-refractivity contribution in [1.29, 1.82) is 0 Å². The summed E-state index contributed by atoms with van der Waals surface area (Å²) < 4.78 is 7.57. The van der Waals surface area contributed by atoms with E-state index in [0.717, 1.165) is 0 Å². The van der Waals surface area contributed by atoms with Crippen LogP contribution in [-0.2, 0) is 19.9 Å². The Balaban J connectivity index is 1.21. The molecule has 6 N–H and O–H groups in total. The molecule has 1 saturated heterocycles. The zero-order valence-corrected chi connectivity index (χ0v) is 28.4. The Bertz CT molecular complexity index is 2400. The van der Waals surface area contributed by atoms with Crippen molar-refractivity contribution < 1.29 is 39.5 Å². The molecule has 1 aromatic heterocycles. The zero-order chi connectivity index (χ0) is 36.6. The maximum absolute atomic E-state index is 14.4. The third-order valence-corrected chi connectivity index (χ3v) is 11.7. The Morgan fingerprint density at radius 2 is 1.75 bits per heavy atom. The van der Waals surface area contributed by atoms with Gasteiger partial charge in [0.25, 0.3) is 5.56 Å². The van der Waals surface area contributed by atoms with Crippen LogP contribution < -0.4 is 21.1 Å². The second kappa shape index (κ2) is 10.7. The second-order valence-corrected chi connectivity index (χ2v) is 14.5. The Hall–Kier alpha value is -5.57. The van der Waals surface area contributed by atoms with Gasteiger partial charge in [-0.2, -0.15) is 0 Å². The lowest BCUT2D eigenvalue weighted by Gasteiger charge is -2.38. The van der Waals surface area contributed by atoms with Crippen molar-refractivity contribution in [2.45, 2.75) is 81.5 Å². The number of carbonyl (C=O) groups excluding carboxylic acids is 2. The van der Waals surface area contributed by atoms with E-state index in [1.54, 1.807) is 67.3 Å². The number of fused-ring (bicyclic) bond motifs is 6. The monoisotopic (exact) mass is 705 g/mol. The summed E-state index contributed by atoms with van der Waals surface area (Å²) >= 11 is 0. The number of amides is 2. The number of carboxylic acid groups (broad SMARTS) is 1. The van der Waals surface area contributed by atoms with Crippen LogP contribution in [0.3, 0.4) is 0 Å². The number of carbonyl (C=O) groups is 3. The average Bonchev–Trinajstić information content (AvgIpc) is 3.79. The summed E-state index contributed by atoms with van der Waals surface area (Å²) in [6.45, 7) is 5.20. The highest BCUT2D eigenvalue weighted by Gasteiger charge is 2.67. The van der Waals surface area contributed by atoms with Crippen molar-refractivity contribution >= 4 is 40.1 Å². The van der Waals surface area contributed by atoms with Crippen molar-refractivity contribution in [3.05, 3.63) is 98.6 Å². The lowest BCUT2D eigenvalue weighted by Crippen LogP contribution is -2.53. The zero-order valence-electron chi connectivity index (χ0n) is 28.4. The smallest absolute Gasteiger partial charge is 0.343 e. The molecule has 6 atom stereocenters. The van der Waals surface area contributed by atoms with Gasteiger partial charge in [0.2, 0.25) is 11.8 Å². The van der Waals surface area contributed by atoms with Crippen LogP contribution in [0.25, 0.3) is 16.6 Å². The molecule has 1 aliphatic carbocycles. The molecule has 0 bridgehead atoms. The third kappa shape index (κ3) is 4.19. The van der Waals surface area contributed by atoms with E-state index in [4.69, 9.17) is 9.72 Å². The molecule has 52 heavy (non-hydrogen) atoms. The van der Waals surface area contributed by atoms with Crippen LogP contribution in [-0.4, -0.2) is 65.6 Å². The molecule has 266 valence electrons. The van der Waals surface area contributed by atoms with Gasteiger partial charge in [-0.25, -0.2) is 9.78 Å². The first-order valence-electron chi connectivity index (χ1n) is 17.2. The van der Waals surface area contributed by atoms with E-state index in [0.29, 0.717) is 35.2 Å². The molecular weight excluding hydrogens is 670 g/mol. The van der Waals surface area contributed by atoms with Gasteiger partial charge in [-0.05, 0) is 62.1 Å². The van der Waals surface area contributed by atoms with Crippen LogP contribution in [0.15, 0.2) is 59.4 Å². The van der Waals surface area contributed by atoms with E-state index in [-0.39, 0.29) is 46.3 Å². The molecule has 0 radical (unpaired) electrons. The number of aromatic carboxylic acids is 1. The number of benzene rings is 3. The lowest BCUT2D eigenvalue weighted by atomic mass is 9.81. The van der Waals surface area contributed by atoms with Gasteiger partial charge in [0.15, 0.2) is 5.82 Å². The maximum atomic E-state index is 14.4. The normalized spacial score (nSPS) is 28.8. The summed E-state index contributed by atoms with van der Waals surface area (Å²) in [6.07, 6.45) is -0.0491. The number of rotatable bonds is 4. The van der Waals surface area contributed by atoms with E-state index in [1.165, 1.54) is 10.6 Å². The van der Waals surface area contributed by atoms with Crippen LogP contribution >= 0.6 is 0 Å². The average molecular weight is 706 g/mol. The standard InChI is InChI=1S/C38H35N5O9/c1-16-18(3)52-25(27-26(16)17(2)29(44)28(30(27)45)34(48)49)14-22-31-39-21-10-6-4-8-19(21)33(47)42(31)24(32(46)40-22)15-38(51)20-9-5-7-11-23(20)43-35(38)41-37(12-13-37)36(43)50/h4-11,14,16,18,24-25,35,41,44-45,51H,12-13,15H2,1-3H3,(H,40,46)(H,48,49)/t16-,18-,24-,25-,35+,38-/m1/s1. The molecule has 5 aliphatic rings. The predicted molar refractivity (Wildman–Crippen MR) is 186 cm³/mol. The van der Waals surface area contributed by atoms with Crippen LogP contribution in [0, 0.1) is 6.92 Å². The van der Waals surface area contributed by atoms with Crippen molar-refractivity contribution in [1.82, 2.24) is 20.2 Å². The summed E-state index contributed by atoms with van der Waals surface area (Å²) in [6, 6.07) is 12.4. The number of aromatic hydroxyl groups is 2. The quantitative estimate of drug-likeness (QED) is 0.182.